The van der Waals surface area contributed by atoms with Crippen molar-refractivity contribution < 1.29 is 13.9 Å². The SMILES string of the molecule is CN=C(NCc1ccc(F)c(CN(C)C)c1)N(C)CCOc1ccc(OC)cc1.I. The molecule has 0 saturated heterocycles. The van der Waals surface area contributed by atoms with E-state index >= 15 is 0 Å². The minimum absolute atomic E-state index is 0. The zero-order valence-electron chi connectivity index (χ0n) is 18.3. The number of aliphatic imine (C=N–C) groups is 1. The average Bonchev–Trinajstić information content (AvgIpc) is 2.71. The van der Waals surface area contributed by atoms with E-state index in [0.717, 1.165) is 23.0 Å². The Morgan fingerprint density at radius 3 is 2.33 bits per heavy atom. The number of ether oxygens (including phenoxy) is 2. The Labute approximate surface area is 196 Å². The summed E-state index contributed by atoms with van der Waals surface area (Å²) in [7, 11) is 9.18. The number of benzene rings is 2. The van der Waals surface area contributed by atoms with Crippen LogP contribution in [0.25, 0.3) is 0 Å². The van der Waals surface area contributed by atoms with Crippen molar-refractivity contribution in [3.63, 3.8) is 0 Å². The van der Waals surface area contributed by atoms with Crippen molar-refractivity contribution in [1.29, 1.82) is 0 Å². The van der Waals surface area contributed by atoms with Crippen molar-refractivity contribution >= 4 is 29.9 Å². The number of methoxy groups -OCH3 is 1. The maximum absolute atomic E-state index is 13.9. The summed E-state index contributed by atoms with van der Waals surface area (Å²) in [6.07, 6.45) is 0. The predicted octanol–water partition coefficient (Wildman–Crippen LogP) is 3.60. The van der Waals surface area contributed by atoms with Gasteiger partial charge in [0.1, 0.15) is 23.9 Å². The Morgan fingerprint density at radius 1 is 1.07 bits per heavy atom. The highest BCUT2D eigenvalue weighted by Crippen LogP contribution is 2.17. The molecule has 6 nitrogen and oxygen atoms in total. The third kappa shape index (κ3) is 8.35. The van der Waals surface area contributed by atoms with Gasteiger partial charge >= 0.3 is 0 Å². The Balaban J connectivity index is 0.00000450. The monoisotopic (exact) mass is 530 g/mol. The van der Waals surface area contributed by atoms with Crippen LogP contribution in [-0.4, -0.2) is 64.2 Å². The number of guanidine groups is 1. The standard InChI is InChI=1S/C22H31FN4O2.HI/c1-24-22(25-15-17-6-11-21(23)18(14-17)16-26(2)3)27(4)12-13-29-20-9-7-19(28-5)8-10-20;/h6-11,14H,12-13,15-16H2,1-5H3,(H,24,25);1H. The van der Waals surface area contributed by atoms with E-state index in [1.165, 1.54) is 6.07 Å². The van der Waals surface area contributed by atoms with Crippen molar-refractivity contribution in [3.05, 3.63) is 59.4 Å². The Bertz CT molecular complexity index is 800. The van der Waals surface area contributed by atoms with Crippen molar-refractivity contribution in [2.75, 3.05) is 48.5 Å². The molecule has 166 valence electrons. The first-order valence-electron chi connectivity index (χ1n) is 9.53. The minimum atomic E-state index is -0.181. The molecule has 0 heterocycles. The molecule has 2 aromatic carbocycles. The van der Waals surface area contributed by atoms with E-state index in [-0.39, 0.29) is 29.8 Å². The molecule has 0 bridgehead atoms. The lowest BCUT2D eigenvalue weighted by atomic mass is 10.1. The molecular formula is C22H32FIN4O2. The lowest BCUT2D eigenvalue weighted by Gasteiger charge is -2.22. The smallest absolute Gasteiger partial charge is 0.193 e. The first-order chi connectivity index (χ1) is 13.9. The van der Waals surface area contributed by atoms with E-state index in [9.17, 15) is 4.39 Å². The molecule has 1 N–H and O–H groups in total. The summed E-state index contributed by atoms with van der Waals surface area (Å²) < 4.78 is 24.9. The van der Waals surface area contributed by atoms with Crippen molar-refractivity contribution in [1.82, 2.24) is 15.1 Å². The van der Waals surface area contributed by atoms with Gasteiger partial charge in [-0.1, -0.05) is 6.07 Å². The van der Waals surface area contributed by atoms with Gasteiger partial charge in [0.2, 0.25) is 0 Å². The molecule has 0 aliphatic heterocycles. The molecule has 0 aromatic heterocycles. The van der Waals surface area contributed by atoms with Gasteiger partial charge in [0, 0.05) is 32.7 Å². The number of nitrogens with zero attached hydrogens (tertiary/aromatic N) is 3. The van der Waals surface area contributed by atoms with Crippen LogP contribution in [0.3, 0.4) is 0 Å². The van der Waals surface area contributed by atoms with Crippen LogP contribution >= 0.6 is 24.0 Å². The summed E-state index contributed by atoms with van der Waals surface area (Å²) >= 11 is 0. The maximum Gasteiger partial charge on any atom is 0.193 e. The molecule has 2 rings (SSSR count). The van der Waals surface area contributed by atoms with Crippen LogP contribution in [0.4, 0.5) is 4.39 Å². The average molecular weight is 530 g/mol. The van der Waals surface area contributed by atoms with E-state index in [1.807, 2.05) is 61.3 Å². The molecule has 30 heavy (non-hydrogen) atoms. The first kappa shape index (κ1) is 26.0. The molecule has 0 aliphatic carbocycles. The Morgan fingerprint density at radius 2 is 1.73 bits per heavy atom. The van der Waals surface area contributed by atoms with Crippen LogP contribution in [-0.2, 0) is 13.1 Å². The summed E-state index contributed by atoms with van der Waals surface area (Å²) in [6, 6.07) is 12.7. The Kier molecular flexibility index (Phi) is 11.5. The van der Waals surface area contributed by atoms with Gasteiger partial charge in [-0.25, -0.2) is 4.39 Å². The molecule has 0 unspecified atom stereocenters. The van der Waals surface area contributed by atoms with Crippen LogP contribution in [0.2, 0.25) is 0 Å². The van der Waals surface area contributed by atoms with E-state index in [4.69, 9.17) is 9.47 Å². The van der Waals surface area contributed by atoms with Crippen LogP contribution in [0, 0.1) is 5.82 Å². The van der Waals surface area contributed by atoms with Crippen molar-refractivity contribution in [2.24, 2.45) is 4.99 Å². The molecule has 0 fully saturated rings. The molecule has 0 atom stereocenters. The number of rotatable bonds is 9. The van der Waals surface area contributed by atoms with Gasteiger partial charge in [0.05, 0.1) is 13.7 Å². The van der Waals surface area contributed by atoms with E-state index in [0.29, 0.717) is 31.8 Å². The number of hydrogen-bond donors (Lipinski definition) is 1. The van der Waals surface area contributed by atoms with Crippen LogP contribution in [0.15, 0.2) is 47.5 Å². The fourth-order valence-corrected chi connectivity index (χ4v) is 2.84. The number of likely N-dealkylation sites (N-methyl/N-ethyl adjacent to an activating group) is 1. The van der Waals surface area contributed by atoms with Gasteiger partial charge in [-0.2, -0.15) is 0 Å². The highest BCUT2D eigenvalue weighted by Gasteiger charge is 2.08. The molecule has 0 saturated carbocycles. The summed E-state index contributed by atoms with van der Waals surface area (Å²) in [4.78, 5) is 8.26. The summed E-state index contributed by atoms with van der Waals surface area (Å²) in [5.74, 6) is 2.16. The van der Waals surface area contributed by atoms with Gasteiger partial charge in [0.15, 0.2) is 5.96 Å². The van der Waals surface area contributed by atoms with Gasteiger partial charge in [-0.3, -0.25) is 4.99 Å². The molecule has 8 heteroatoms. The zero-order chi connectivity index (χ0) is 21.2. The molecule has 0 amide bonds. The lowest BCUT2D eigenvalue weighted by molar-refractivity contribution is 0.281. The number of hydrogen-bond acceptors (Lipinski definition) is 4. The summed E-state index contributed by atoms with van der Waals surface area (Å²) in [5.41, 5.74) is 1.69. The highest BCUT2D eigenvalue weighted by molar-refractivity contribution is 14.0. The number of nitrogens with one attached hydrogen (secondary N) is 1. The van der Waals surface area contributed by atoms with Crippen LogP contribution in [0.5, 0.6) is 11.5 Å². The molecular weight excluding hydrogens is 498 g/mol. The van der Waals surface area contributed by atoms with Crippen LogP contribution in [0.1, 0.15) is 11.1 Å². The van der Waals surface area contributed by atoms with Gasteiger partial charge in [-0.15, -0.1) is 24.0 Å². The van der Waals surface area contributed by atoms with Gasteiger partial charge in [-0.05, 0) is 56.1 Å². The van der Waals surface area contributed by atoms with E-state index in [1.54, 1.807) is 20.2 Å². The zero-order valence-corrected chi connectivity index (χ0v) is 20.6. The van der Waals surface area contributed by atoms with Crippen molar-refractivity contribution in [2.45, 2.75) is 13.1 Å². The van der Waals surface area contributed by atoms with E-state index in [2.05, 4.69) is 10.3 Å². The highest BCUT2D eigenvalue weighted by atomic mass is 127. The van der Waals surface area contributed by atoms with Gasteiger partial charge in [0.25, 0.3) is 0 Å². The Hall–Kier alpha value is -2.07. The summed E-state index contributed by atoms with van der Waals surface area (Å²) in [6.45, 7) is 2.32. The molecule has 2 aromatic rings. The fourth-order valence-electron chi connectivity index (χ4n) is 2.84. The maximum atomic E-state index is 13.9. The molecule has 0 radical (unpaired) electrons. The molecule has 0 spiro atoms. The van der Waals surface area contributed by atoms with Crippen LogP contribution < -0.4 is 14.8 Å². The van der Waals surface area contributed by atoms with Crippen molar-refractivity contribution in [3.8, 4) is 11.5 Å². The number of halogens is 2. The fraction of sp³-hybridized carbons (Fsp3) is 0.409. The quantitative estimate of drug-likeness (QED) is 0.305. The minimum Gasteiger partial charge on any atom is -0.497 e. The van der Waals surface area contributed by atoms with E-state index < -0.39 is 0 Å². The first-order valence-corrected chi connectivity index (χ1v) is 9.53. The third-order valence-corrected chi connectivity index (χ3v) is 4.38. The second-order valence-electron chi connectivity index (χ2n) is 7.01. The normalized spacial score (nSPS) is 11.1. The third-order valence-electron chi connectivity index (χ3n) is 4.38. The second-order valence-corrected chi connectivity index (χ2v) is 7.01. The predicted molar refractivity (Wildman–Crippen MR) is 131 cm³/mol. The molecule has 0 aliphatic rings. The van der Waals surface area contributed by atoms with Gasteiger partial charge < -0.3 is 24.6 Å². The topological polar surface area (TPSA) is 49.3 Å². The lowest BCUT2D eigenvalue weighted by Crippen LogP contribution is -2.40. The summed E-state index contributed by atoms with van der Waals surface area (Å²) in [5, 5.41) is 3.32. The second kappa shape index (κ2) is 13.3. The largest absolute Gasteiger partial charge is 0.497 e.